The van der Waals surface area contributed by atoms with Gasteiger partial charge in [-0.15, -0.1) is 11.3 Å². The van der Waals surface area contributed by atoms with E-state index in [9.17, 15) is 4.39 Å². The third-order valence-electron chi connectivity index (χ3n) is 2.02. The Hall–Kier alpha value is -1.93. The summed E-state index contributed by atoms with van der Waals surface area (Å²) in [6.45, 7) is 0.559. The molecule has 80 valence electrons. The van der Waals surface area contributed by atoms with E-state index in [-0.39, 0.29) is 5.56 Å². The Kier molecular flexibility index (Phi) is 3.13. The van der Waals surface area contributed by atoms with Crippen molar-refractivity contribution in [2.45, 2.75) is 6.54 Å². The van der Waals surface area contributed by atoms with Crippen LogP contribution in [0.15, 0.2) is 29.8 Å². The molecule has 0 saturated heterocycles. The molecule has 0 atom stereocenters. The highest BCUT2D eigenvalue weighted by molar-refractivity contribution is 7.09. The van der Waals surface area contributed by atoms with Crippen LogP contribution in [0.5, 0.6) is 0 Å². The molecule has 0 amide bonds. The molecule has 1 heterocycles. The number of aromatic nitrogens is 1. The molecule has 0 aliphatic heterocycles. The van der Waals surface area contributed by atoms with E-state index in [1.807, 2.05) is 5.38 Å². The highest BCUT2D eigenvalue weighted by Crippen LogP contribution is 2.15. The number of nitrogens with one attached hydrogen (secondary N) is 1. The fourth-order valence-corrected chi connectivity index (χ4v) is 1.79. The van der Waals surface area contributed by atoms with Crippen molar-refractivity contribution < 1.29 is 4.39 Å². The SMILES string of the molecule is N#Cc1ccc(NCc2nccs2)cc1F. The van der Waals surface area contributed by atoms with Gasteiger partial charge in [0.15, 0.2) is 0 Å². The van der Waals surface area contributed by atoms with E-state index >= 15 is 0 Å². The summed E-state index contributed by atoms with van der Waals surface area (Å²) in [6, 6.07) is 6.22. The van der Waals surface area contributed by atoms with E-state index in [4.69, 9.17) is 5.26 Å². The first-order valence-electron chi connectivity index (χ1n) is 4.61. The summed E-state index contributed by atoms with van der Waals surface area (Å²) in [5.74, 6) is -0.508. The normalized spacial score (nSPS) is 9.75. The second kappa shape index (κ2) is 4.73. The minimum absolute atomic E-state index is 0.0554. The number of hydrogen-bond acceptors (Lipinski definition) is 4. The molecular formula is C11H8FN3S. The Bertz CT molecular complexity index is 517. The fraction of sp³-hybridized carbons (Fsp3) is 0.0909. The van der Waals surface area contributed by atoms with Crippen LogP contribution in [0, 0.1) is 17.1 Å². The lowest BCUT2D eigenvalue weighted by Crippen LogP contribution is -1.99. The number of thiazole rings is 1. The summed E-state index contributed by atoms with van der Waals surface area (Å²) in [5, 5.41) is 14.4. The molecule has 2 aromatic rings. The lowest BCUT2D eigenvalue weighted by atomic mass is 10.2. The highest BCUT2D eigenvalue weighted by Gasteiger charge is 2.02. The summed E-state index contributed by atoms with van der Waals surface area (Å²) in [7, 11) is 0. The van der Waals surface area contributed by atoms with Crippen molar-refractivity contribution in [2.75, 3.05) is 5.32 Å². The fourth-order valence-electron chi connectivity index (χ4n) is 1.23. The van der Waals surface area contributed by atoms with Crippen molar-refractivity contribution in [3.05, 3.63) is 46.2 Å². The van der Waals surface area contributed by atoms with Crippen LogP contribution < -0.4 is 5.32 Å². The van der Waals surface area contributed by atoms with E-state index in [0.29, 0.717) is 12.2 Å². The average Bonchev–Trinajstić information content (AvgIpc) is 2.79. The molecule has 1 aromatic heterocycles. The van der Waals surface area contributed by atoms with Gasteiger partial charge in [0.2, 0.25) is 0 Å². The van der Waals surface area contributed by atoms with Gasteiger partial charge < -0.3 is 5.32 Å². The van der Waals surface area contributed by atoms with E-state index < -0.39 is 5.82 Å². The van der Waals surface area contributed by atoms with Crippen LogP contribution >= 0.6 is 11.3 Å². The molecule has 5 heteroatoms. The summed E-state index contributed by atoms with van der Waals surface area (Å²) in [5.41, 5.74) is 0.700. The van der Waals surface area contributed by atoms with Gasteiger partial charge in [0.25, 0.3) is 0 Å². The minimum atomic E-state index is -0.508. The zero-order chi connectivity index (χ0) is 11.4. The zero-order valence-electron chi connectivity index (χ0n) is 8.27. The van der Waals surface area contributed by atoms with E-state index in [1.54, 1.807) is 18.3 Å². The van der Waals surface area contributed by atoms with E-state index in [1.165, 1.54) is 23.5 Å². The van der Waals surface area contributed by atoms with Gasteiger partial charge >= 0.3 is 0 Å². The Morgan fingerprint density at radius 3 is 3.00 bits per heavy atom. The first-order valence-corrected chi connectivity index (χ1v) is 5.49. The summed E-state index contributed by atoms with van der Waals surface area (Å²) in [6.07, 6.45) is 1.72. The molecule has 2 rings (SSSR count). The summed E-state index contributed by atoms with van der Waals surface area (Å²) >= 11 is 1.53. The largest absolute Gasteiger partial charge is 0.378 e. The molecule has 0 bridgehead atoms. The lowest BCUT2D eigenvalue weighted by Gasteiger charge is -2.04. The molecule has 0 aliphatic carbocycles. The second-order valence-electron chi connectivity index (χ2n) is 3.09. The van der Waals surface area contributed by atoms with Gasteiger partial charge in [0, 0.05) is 17.3 Å². The standard InChI is InChI=1S/C11H8FN3S/c12-10-5-9(2-1-8(10)6-13)15-7-11-14-3-4-16-11/h1-5,15H,7H2. The number of anilines is 1. The molecule has 0 saturated carbocycles. The van der Waals surface area contributed by atoms with Crippen molar-refractivity contribution >= 4 is 17.0 Å². The Morgan fingerprint density at radius 1 is 1.50 bits per heavy atom. The predicted molar refractivity (Wildman–Crippen MR) is 60.6 cm³/mol. The molecule has 0 unspecified atom stereocenters. The molecule has 16 heavy (non-hydrogen) atoms. The second-order valence-corrected chi connectivity index (χ2v) is 4.06. The van der Waals surface area contributed by atoms with Gasteiger partial charge in [-0.2, -0.15) is 5.26 Å². The molecule has 1 N–H and O–H groups in total. The van der Waals surface area contributed by atoms with Gasteiger partial charge in [0.1, 0.15) is 16.9 Å². The molecule has 0 radical (unpaired) electrons. The first-order chi connectivity index (χ1) is 7.79. The van der Waals surface area contributed by atoms with Crippen LogP contribution in [-0.2, 0) is 6.54 Å². The van der Waals surface area contributed by atoms with Crippen molar-refractivity contribution in [1.29, 1.82) is 5.26 Å². The van der Waals surface area contributed by atoms with Crippen LogP contribution in [0.2, 0.25) is 0 Å². The average molecular weight is 233 g/mol. The predicted octanol–water partition coefficient (Wildman–Crippen LogP) is 2.77. The summed E-state index contributed by atoms with van der Waals surface area (Å²) in [4.78, 5) is 4.10. The molecule has 0 fully saturated rings. The van der Waals surface area contributed by atoms with Crippen molar-refractivity contribution in [2.24, 2.45) is 0 Å². The Balaban J connectivity index is 2.06. The van der Waals surface area contributed by atoms with Crippen LogP contribution in [0.3, 0.4) is 0 Å². The number of rotatable bonds is 3. The number of hydrogen-bond donors (Lipinski definition) is 1. The number of nitriles is 1. The molecular weight excluding hydrogens is 225 g/mol. The first kappa shape index (κ1) is 10.6. The van der Waals surface area contributed by atoms with Crippen LogP contribution in [0.25, 0.3) is 0 Å². The van der Waals surface area contributed by atoms with Crippen molar-refractivity contribution in [3.63, 3.8) is 0 Å². The van der Waals surface area contributed by atoms with Gasteiger partial charge in [-0.1, -0.05) is 0 Å². The smallest absolute Gasteiger partial charge is 0.143 e. The maximum absolute atomic E-state index is 13.2. The Labute approximate surface area is 96.2 Å². The van der Waals surface area contributed by atoms with Crippen LogP contribution in [0.4, 0.5) is 10.1 Å². The van der Waals surface area contributed by atoms with Crippen LogP contribution in [-0.4, -0.2) is 4.98 Å². The van der Waals surface area contributed by atoms with Crippen LogP contribution in [0.1, 0.15) is 10.6 Å². The third kappa shape index (κ3) is 2.35. The van der Waals surface area contributed by atoms with Gasteiger partial charge in [0.05, 0.1) is 12.1 Å². The topological polar surface area (TPSA) is 48.7 Å². The van der Waals surface area contributed by atoms with Crippen molar-refractivity contribution in [3.8, 4) is 6.07 Å². The summed E-state index contributed by atoms with van der Waals surface area (Å²) < 4.78 is 13.2. The highest BCUT2D eigenvalue weighted by atomic mass is 32.1. The number of nitrogens with zero attached hydrogens (tertiary/aromatic N) is 2. The molecule has 0 spiro atoms. The number of benzene rings is 1. The molecule has 1 aromatic carbocycles. The zero-order valence-corrected chi connectivity index (χ0v) is 9.09. The monoisotopic (exact) mass is 233 g/mol. The van der Waals surface area contributed by atoms with Crippen molar-refractivity contribution in [1.82, 2.24) is 4.98 Å². The van der Waals surface area contributed by atoms with Gasteiger partial charge in [-0.05, 0) is 18.2 Å². The van der Waals surface area contributed by atoms with E-state index in [2.05, 4.69) is 10.3 Å². The maximum Gasteiger partial charge on any atom is 0.143 e. The number of halogens is 1. The minimum Gasteiger partial charge on any atom is -0.378 e. The van der Waals surface area contributed by atoms with Gasteiger partial charge in [-0.3, -0.25) is 0 Å². The Morgan fingerprint density at radius 2 is 2.38 bits per heavy atom. The van der Waals surface area contributed by atoms with E-state index in [0.717, 1.165) is 5.01 Å². The maximum atomic E-state index is 13.2. The third-order valence-corrected chi connectivity index (χ3v) is 2.80. The molecule has 0 aliphatic rings. The quantitative estimate of drug-likeness (QED) is 0.886. The molecule has 3 nitrogen and oxygen atoms in total. The van der Waals surface area contributed by atoms with Gasteiger partial charge in [-0.25, -0.2) is 9.37 Å². The lowest BCUT2D eigenvalue weighted by molar-refractivity contribution is 0.624.